The Labute approximate surface area is 160 Å². The Hall–Kier alpha value is -2.00. The molecule has 1 saturated heterocycles. The van der Waals surface area contributed by atoms with E-state index >= 15 is 0 Å². The molecule has 9 heteroatoms. The smallest absolute Gasteiger partial charge is 0.324 e. The topological polar surface area (TPSA) is 101 Å². The molecule has 0 saturated carbocycles. The van der Waals surface area contributed by atoms with Gasteiger partial charge in [0.05, 0.1) is 21.3 Å². The molecule has 0 aromatic carbocycles. The molecular weight excluding hydrogens is 370 g/mol. The van der Waals surface area contributed by atoms with Crippen LogP contribution in [-0.4, -0.2) is 39.4 Å². The second-order valence-electron chi connectivity index (χ2n) is 7.41. The Morgan fingerprint density at radius 2 is 2.08 bits per heavy atom. The minimum absolute atomic E-state index is 0.00190. The van der Waals surface area contributed by atoms with Crippen molar-refractivity contribution in [3.8, 4) is 10.6 Å². The first kappa shape index (κ1) is 18.8. The van der Waals surface area contributed by atoms with Gasteiger partial charge in [0.1, 0.15) is 6.04 Å². The maximum Gasteiger partial charge on any atom is 0.324 e. The summed E-state index contributed by atoms with van der Waals surface area (Å²) < 4.78 is 0. The highest BCUT2D eigenvalue weighted by molar-refractivity contribution is 7.19. The zero-order valence-corrected chi connectivity index (χ0v) is 17.0. The first-order valence-corrected chi connectivity index (χ1v) is 10.2. The Kier molecular flexibility index (Phi) is 5.03. The van der Waals surface area contributed by atoms with Crippen molar-refractivity contribution < 1.29 is 9.59 Å². The SMILES string of the molecule is Cc1nc(NC(=O)N2CCC[C@@H]2C(N)=O)sc1-c1csc(C(C)(C)C)n1. The number of carbonyl (C=O) groups excluding carboxylic acids is 2. The van der Waals surface area contributed by atoms with Crippen molar-refractivity contribution in [2.75, 3.05) is 11.9 Å². The third-order valence-electron chi connectivity index (χ3n) is 4.23. The van der Waals surface area contributed by atoms with E-state index in [1.54, 1.807) is 11.3 Å². The lowest BCUT2D eigenvalue weighted by atomic mass is 9.98. The fourth-order valence-corrected chi connectivity index (χ4v) is 4.77. The van der Waals surface area contributed by atoms with Crippen molar-refractivity contribution in [3.63, 3.8) is 0 Å². The number of nitrogens with two attached hydrogens (primary N) is 1. The quantitative estimate of drug-likeness (QED) is 0.835. The van der Waals surface area contributed by atoms with E-state index in [-0.39, 0.29) is 11.4 Å². The molecule has 1 fully saturated rings. The number of thiazole rings is 2. The van der Waals surface area contributed by atoms with Crippen LogP contribution in [-0.2, 0) is 10.2 Å². The van der Waals surface area contributed by atoms with Crippen LogP contribution < -0.4 is 11.1 Å². The molecule has 3 N–H and O–H groups in total. The number of likely N-dealkylation sites (tertiary alicyclic amines) is 1. The van der Waals surface area contributed by atoms with Crippen LogP contribution in [0.3, 0.4) is 0 Å². The van der Waals surface area contributed by atoms with Gasteiger partial charge in [0, 0.05) is 17.3 Å². The van der Waals surface area contributed by atoms with Gasteiger partial charge in [0.15, 0.2) is 5.13 Å². The van der Waals surface area contributed by atoms with Crippen molar-refractivity contribution in [2.24, 2.45) is 5.73 Å². The van der Waals surface area contributed by atoms with Crippen LogP contribution >= 0.6 is 22.7 Å². The van der Waals surface area contributed by atoms with Crippen molar-refractivity contribution in [1.82, 2.24) is 14.9 Å². The van der Waals surface area contributed by atoms with Crippen molar-refractivity contribution in [1.29, 1.82) is 0 Å². The fourth-order valence-electron chi connectivity index (χ4n) is 2.88. The number of carbonyl (C=O) groups is 2. The summed E-state index contributed by atoms with van der Waals surface area (Å²) in [5.41, 5.74) is 7.08. The number of amides is 3. The summed E-state index contributed by atoms with van der Waals surface area (Å²) in [6, 6.07) is -0.872. The average molecular weight is 394 g/mol. The summed E-state index contributed by atoms with van der Waals surface area (Å²) >= 11 is 3.02. The molecule has 3 amide bonds. The third-order valence-corrected chi connectivity index (χ3v) is 6.59. The summed E-state index contributed by atoms with van der Waals surface area (Å²) in [5, 5.41) is 6.39. The summed E-state index contributed by atoms with van der Waals surface area (Å²) in [6.07, 6.45) is 1.39. The van der Waals surface area contributed by atoms with Gasteiger partial charge in [0.25, 0.3) is 0 Å². The molecule has 1 aliphatic rings. The van der Waals surface area contributed by atoms with E-state index in [4.69, 9.17) is 10.7 Å². The molecule has 3 heterocycles. The molecule has 0 bridgehead atoms. The van der Waals surface area contributed by atoms with Gasteiger partial charge < -0.3 is 10.6 Å². The predicted octanol–water partition coefficient (Wildman–Crippen LogP) is 3.35. The van der Waals surface area contributed by atoms with E-state index < -0.39 is 11.9 Å². The molecule has 1 atom stereocenters. The first-order chi connectivity index (χ1) is 12.2. The average Bonchev–Trinajstić information content (AvgIpc) is 3.24. The van der Waals surface area contributed by atoms with Crippen molar-refractivity contribution >= 4 is 39.7 Å². The van der Waals surface area contributed by atoms with E-state index in [1.807, 2.05) is 12.3 Å². The molecular formula is C17H23N5O2S2. The van der Waals surface area contributed by atoms with Gasteiger partial charge in [-0.25, -0.2) is 14.8 Å². The minimum atomic E-state index is -0.539. The summed E-state index contributed by atoms with van der Waals surface area (Å²) in [4.78, 5) is 35.6. The van der Waals surface area contributed by atoms with Crippen LogP contribution in [0.15, 0.2) is 5.38 Å². The van der Waals surface area contributed by atoms with Crippen LogP contribution in [0.5, 0.6) is 0 Å². The molecule has 26 heavy (non-hydrogen) atoms. The van der Waals surface area contributed by atoms with Crippen LogP contribution in [0.1, 0.15) is 44.3 Å². The molecule has 0 radical (unpaired) electrons. The van der Waals surface area contributed by atoms with E-state index in [1.165, 1.54) is 16.2 Å². The van der Waals surface area contributed by atoms with Crippen molar-refractivity contribution in [3.05, 3.63) is 16.1 Å². The van der Waals surface area contributed by atoms with Gasteiger partial charge in [-0.2, -0.15) is 0 Å². The minimum Gasteiger partial charge on any atom is -0.368 e. The highest BCUT2D eigenvalue weighted by Gasteiger charge is 2.33. The molecule has 0 aliphatic carbocycles. The van der Waals surface area contributed by atoms with Gasteiger partial charge in [-0.15, -0.1) is 11.3 Å². The van der Waals surface area contributed by atoms with Crippen LogP contribution in [0.2, 0.25) is 0 Å². The lowest BCUT2D eigenvalue weighted by molar-refractivity contribution is -0.121. The van der Waals surface area contributed by atoms with E-state index in [0.29, 0.717) is 18.1 Å². The summed E-state index contributed by atoms with van der Waals surface area (Å²) in [6.45, 7) is 8.82. The Morgan fingerprint density at radius 1 is 1.35 bits per heavy atom. The second-order valence-corrected chi connectivity index (χ2v) is 9.26. The first-order valence-electron chi connectivity index (χ1n) is 8.47. The number of nitrogens with one attached hydrogen (secondary N) is 1. The predicted molar refractivity (Wildman–Crippen MR) is 105 cm³/mol. The highest BCUT2D eigenvalue weighted by atomic mass is 32.1. The van der Waals surface area contributed by atoms with E-state index in [0.717, 1.165) is 27.7 Å². The Bertz CT molecular complexity index is 837. The van der Waals surface area contributed by atoms with Crippen LogP contribution in [0.25, 0.3) is 10.6 Å². The fraction of sp³-hybridized carbons (Fsp3) is 0.529. The standard InChI is InChI=1S/C17H23N5O2S2/c1-9-12(10-8-25-14(20-10)17(2,3)4)26-15(19-9)21-16(24)22-7-5-6-11(22)13(18)23/h8,11H,5-7H2,1-4H3,(H2,18,23)(H,19,21,24)/t11-/m1/s1. The number of primary amides is 1. The van der Waals surface area contributed by atoms with E-state index in [9.17, 15) is 9.59 Å². The van der Waals surface area contributed by atoms with Crippen molar-refractivity contribution in [2.45, 2.75) is 52.0 Å². The number of hydrogen-bond acceptors (Lipinski definition) is 6. The largest absolute Gasteiger partial charge is 0.368 e. The van der Waals surface area contributed by atoms with Gasteiger partial charge in [-0.1, -0.05) is 32.1 Å². The maximum absolute atomic E-state index is 12.5. The number of rotatable bonds is 3. The normalized spacial score (nSPS) is 17.5. The van der Waals surface area contributed by atoms with E-state index in [2.05, 4.69) is 31.1 Å². The number of urea groups is 1. The number of hydrogen-bond donors (Lipinski definition) is 2. The number of aromatic nitrogens is 2. The summed E-state index contributed by atoms with van der Waals surface area (Å²) in [7, 11) is 0. The molecule has 3 rings (SSSR count). The van der Waals surface area contributed by atoms with Gasteiger partial charge in [0.2, 0.25) is 5.91 Å². The van der Waals surface area contributed by atoms with Crippen LogP contribution in [0.4, 0.5) is 9.93 Å². The molecule has 7 nitrogen and oxygen atoms in total. The molecule has 0 unspecified atom stereocenters. The molecule has 0 spiro atoms. The molecule has 140 valence electrons. The van der Waals surface area contributed by atoms with Crippen LogP contribution in [0, 0.1) is 6.92 Å². The number of anilines is 1. The summed E-state index contributed by atoms with van der Waals surface area (Å²) in [5.74, 6) is -0.467. The van der Waals surface area contributed by atoms with Gasteiger partial charge in [-0.05, 0) is 19.8 Å². The lowest BCUT2D eigenvalue weighted by Crippen LogP contribution is -2.45. The monoisotopic (exact) mass is 393 g/mol. The molecule has 2 aromatic rings. The Balaban J connectivity index is 1.77. The van der Waals surface area contributed by atoms with Gasteiger partial charge in [-0.3, -0.25) is 10.1 Å². The zero-order chi connectivity index (χ0) is 19.1. The number of nitrogens with zero attached hydrogens (tertiary/aromatic N) is 3. The second kappa shape index (κ2) is 6.96. The highest BCUT2D eigenvalue weighted by Crippen LogP contribution is 2.36. The third kappa shape index (κ3) is 3.73. The lowest BCUT2D eigenvalue weighted by Gasteiger charge is -2.21. The van der Waals surface area contributed by atoms with Gasteiger partial charge >= 0.3 is 6.03 Å². The molecule has 2 aromatic heterocycles. The number of aryl methyl sites for hydroxylation is 1. The zero-order valence-electron chi connectivity index (χ0n) is 15.3. The Morgan fingerprint density at radius 3 is 2.69 bits per heavy atom. The molecule has 1 aliphatic heterocycles. The maximum atomic E-state index is 12.5.